The fourth-order valence-corrected chi connectivity index (χ4v) is 4.81. The maximum absolute atomic E-state index is 14.0. The van der Waals surface area contributed by atoms with E-state index in [4.69, 9.17) is 10.5 Å². The van der Waals surface area contributed by atoms with Crippen LogP contribution in [-0.4, -0.2) is 21.8 Å². The van der Waals surface area contributed by atoms with Crippen LogP contribution in [0.3, 0.4) is 0 Å². The second-order valence-electron chi connectivity index (χ2n) is 9.60. The van der Waals surface area contributed by atoms with Crippen LogP contribution in [0.15, 0.2) is 60.7 Å². The molecule has 0 radical (unpaired) electrons. The molecule has 1 heterocycles. The van der Waals surface area contributed by atoms with E-state index in [0.717, 1.165) is 0 Å². The van der Waals surface area contributed by atoms with Crippen LogP contribution in [0.4, 0.5) is 8.78 Å². The molecule has 3 aromatic rings. The maximum Gasteiger partial charge on any atom is 0.338 e. The molecular weight excluding hydrogens is 440 g/mol. The van der Waals surface area contributed by atoms with Crippen LogP contribution in [0.5, 0.6) is 5.75 Å². The Bertz CT molecular complexity index is 1230. The number of aliphatic hydroxyl groups is 1. The van der Waals surface area contributed by atoms with Crippen LogP contribution in [-0.2, 0) is 23.2 Å². The minimum atomic E-state index is -1.57. The molecule has 3 aromatic carbocycles. The fraction of sp³-hybridized carbons (Fsp3) is 0.296. The number of benzene rings is 3. The van der Waals surface area contributed by atoms with E-state index in [0.29, 0.717) is 27.8 Å². The smallest absolute Gasteiger partial charge is 0.338 e. The van der Waals surface area contributed by atoms with Gasteiger partial charge in [-0.2, -0.15) is 0 Å². The largest absolute Gasteiger partial charge is 0.508 e. The van der Waals surface area contributed by atoms with E-state index in [1.54, 1.807) is 44.2 Å². The summed E-state index contributed by atoms with van der Waals surface area (Å²) in [5, 5.41) is 22.4. The number of halogens is 2. The molecule has 0 bridgehead atoms. The molecule has 2 unspecified atom stereocenters. The monoisotopic (exact) mass is 467 g/mol. The number of rotatable bonds is 7. The van der Waals surface area contributed by atoms with E-state index >= 15 is 0 Å². The number of aromatic hydroxyl groups is 1. The number of esters is 1. The summed E-state index contributed by atoms with van der Waals surface area (Å²) in [6, 6.07) is 13.6. The Balaban J connectivity index is 1.74. The molecule has 7 heteroatoms. The summed E-state index contributed by atoms with van der Waals surface area (Å²) in [6.07, 6.45) is 0.141. The summed E-state index contributed by atoms with van der Waals surface area (Å²) in [7, 11) is 0. The predicted octanol–water partition coefficient (Wildman–Crippen LogP) is 4.68. The average Bonchev–Trinajstić information content (AvgIpc) is 3.16. The lowest BCUT2D eigenvalue weighted by atomic mass is 9.69. The first-order valence-corrected chi connectivity index (χ1v) is 11.0. The Hall–Kier alpha value is -3.29. The topological polar surface area (TPSA) is 92.8 Å². The van der Waals surface area contributed by atoms with Gasteiger partial charge in [0.2, 0.25) is 0 Å². The number of nitrogens with two attached hydrogens (primary N) is 1. The molecule has 0 spiro atoms. The van der Waals surface area contributed by atoms with Crippen molar-refractivity contribution in [2.24, 2.45) is 5.73 Å². The zero-order valence-electron chi connectivity index (χ0n) is 19.0. The minimum Gasteiger partial charge on any atom is -0.508 e. The van der Waals surface area contributed by atoms with Crippen LogP contribution in [0, 0.1) is 11.6 Å². The average molecular weight is 468 g/mol. The Morgan fingerprint density at radius 1 is 1.03 bits per heavy atom. The number of hydrogen-bond donors (Lipinski definition) is 3. The number of carbonyl (C=O) groups excluding carboxylic acids is 1. The third-order valence-corrected chi connectivity index (χ3v) is 6.51. The molecule has 2 atom stereocenters. The molecule has 5 nitrogen and oxygen atoms in total. The third-order valence-electron chi connectivity index (χ3n) is 6.51. The molecule has 1 aliphatic heterocycles. The molecule has 0 aromatic heterocycles. The lowest BCUT2D eigenvalue weighted by Gasteiger charge is -2.41. The van der Waals surface area contributed by atoms with Crippen LogP contribution in [0.1, 0.15) is 58.9 Å². The molecule has 4 N–H and O–H groups in total. The zero-order valence-corrected chi connectivity index (χ0v) is 19.0. The Kier molecular flexibility index (Phi) is 6.18. The highest BCUT2D eigenvalue weighted by Gasteiger charge is 2.42. The molecule has 1 aliphatic rings. The van der Waals surface area contributed by atoms with Crippen molar-refractivity contribution < 1.29 is 28.5 Å². The number of phenolic OH excluding ortho intramolecular Hbond substituents is 1. The molecule has 0 saturated heterocycles. The second-order valence-corrected chi connectivity index (χ2v) is 9.60. The molecule has 178 valence electrons. The van der Waals surface area contributed by atoms with Gasteiger partial charge in [0.05, 0.1) is 17.2 Å². The highest BCUT2D eigenvalue weighted by molar-refractivity contribution is 5.93. The first-order chi connectivity index (χ1) is 16.0. The van der Waals surface area contributed by atoms with Crippen molar-refractivity contribution in [2.45, 2.75) is 50.4 Å². The van der Waals surface area contributed by atoms with Crippen LogP contribution < -0.4 is 5.73 Å². The van der Waals surface area contributed by atoms with E-state index < -0.39 is 34.7 Å². The summed E-state index contributed by atoms with van der Waals surface area (Å²) >= 11 is 0. The maximum atomic E-state index is 14.0. The van der Waals surface area contributed by atoms with Gasteiger partial charge >= 0.3 is 5.97 Å². The molecule has 0 amide bonds. The van der Waals surface area contributed by atoms with Crippen molar-refractivity contribution in [3.8, 4) is 5.75 Å². The van der Waals surface area contributed by atoms with Gasteiger partial charge in [-0.15, -0.1) is 0 Å². The third kappa shape index (κ3) is 4.67. The van der Waals surface area contributed by atoms with Crippen LogP contribution in [0.2, 0.25) is 0 Å². The van der Waals surface area contributed by atoms with Gasteiger partial charge < -0.3 is 20.7 Å². The summed E-state index contributed by atoms with van der Waals surface area (Å²) in [6.45, 7) is 3.71. The second kappa shape index (κ2) is 8.81. The lowest BCUT2D eigenvalue weighted by molar-refractivity contribution is -0.0120. The van der Waals surface area contributed by atoms with Gasteiger partial charge in [-0.3, -0.25) is 0 Å². The van der Waals surface area contributed by atoms with Gasteiger partial charge in [0.15, 0.2) is 0 Å². The van der Waals surface area contributed by atoms with Crippen molar-refractivity contribution in [1.29, 1.82) is 0 Å². The Labute approximate surface area is 196 Å². The van der Waals surface area contributed by atoms with E-state index in [9.17, 15) is 23.8 Å². The summed E-state index contributed by atoms with van der Waals surface area (Å²) in [5.74, 6) is -1.39. The predicted molar refractivity (Wildman–Crippen MR) is 123 cm³/mol. The number of cyclic esters (lactones) is 1. The highest BCUT2D eigenvalue weighted by atomic mass is 19.1. The van der Waals surface area contributed by atoms with Crippen molar-refractivity contribution in [2.75, 3.05) is 0 Å². The first kappa shape index (κ1) is 23.9. The Morgan fingerprint density at radius 3 is 2.41 bits per heavy atom. The molecule has 0 saturated carbocycles. The normalized spacial score (nSPS) is 16.0. The van der Waals surface area contributed by atoms with Gasteiger partial charge in [-0.25, -0.2) is 13.6 Å². The molecule has 34 heavy (non-hydrogen) atoms. The molecule has 0 aliphatic carbocycles. The fourth-order valence-electron chi connectivity index (χ4n) is 4.81. The van der Waals surface area contributed by atoms with Gasteiger partial charge in [0.1, 0.15) is 24.0 Å². The number of hydrogen-bond acceptors (Lipinski definition) is 5. The zero-order chi connectivity index (χ0) is 24.7. The summed E-state index contributed by atoms with van der Waals surface area (Å²) in [4.78, 5) is 11.8. The van der Waals surface area contributed by atoms with Gasteiger partial charge in [-0.05, 0) is 65.4 Å². The lowest BCUT2D eigenvalue weighted by Crippen LogP contribution is -2.47. The van der Waals surface area contributed by atoms with E-state index in [1.165, 1.54) is 30.3 Å². The van der Waals surface area contributed by atoms with Crippen molar-refractivity contribution >= 4 is 5.97 Å². The number of fused-ring (bicyclic) bond motifs is 1. The highest BCUT2D eigenvalue weighted by Crippen LogP contribution is 2.43. The van der Waals surface area contributed by atoms with E-state index in [1.807, 2.05) is 0 Å². The van der Waals surface area contributed by atoms with Gasteiger partial charge in [0, 0.05) is 17.5 Å². The minimum absolute atomic E-state index is 0.0576. The summed E-state index contributed by atoms with van der Waals surface area (Å²) in [5.41, 5.74) is 6.94. The van der Waals surface area contributed by atoms with Crippen molar-refractivity contribution in [3.05, 3.63) is 100 Å². The summed E-state index contributed by atoms with van der Waals surface area (Å²) < 4.78 is 32.6. The van der Waals surface area contributed by atoms with Gasteiger partial charge in [0.25, 0.3) is 0 Å². The number of carbonyl (C=O) groups is 1. The number of phenols is 1. The quantitative estimate of drug-likeness (QED) is 0.439. The molecular formula is C27H27F2NO4. The van der Waals surface area contributed by atoms with E-state index in [-0.39, 0.29) is 25.2 Å². The van der Waals surface area contributed by atoms with E-state index in [2.05, 4.69) is 0 Å². The standard InChI is InChI=1S/C27H27F2NO4/c1-26(2,22-12-20(29)8-10-23(22)31)15-27(33,13-16-3-6-19(28)7-4-16)24(30)17-5-9-21-18(11-17)14-34-25(21)32/h3-12,24,31,33H,13-15,30H2,1-2H3. The van der Waals surface area contributed by atoms with Crippen molar-refractivity contribution in [3.63, 3.8) is 0 Å². The molecule has 4 rings (SSSR count). The van der Waals surface area contributed by atoms with Gasteiger partial charge in [-0.1, -0.05) is 32.0 Å². The van der Waals surface area contributed by atoms with Crippen molar-refractivity contribution in [1.82, 2.24) is 0 Å². The van der Waals surface area contributed by atoms with Crippen LogP contribution >= 0.6 is 0 Å². The number of ether oxygens (including phenoxy) is 1. The first-order valence-electron chi connectivity index (χ1n) is 11.0. The Morgan fingerprint density at radius 2 is 1.71 bits per heavy atom. The van der Waals surface area contributed by atoms with Crippen LogP contribution in [0.25, 0.3) is 0 Å². The molecule has 0 fully saturated rings. The SMILES string of the molecule is CC(C)(CC(O)(Cc1ccc(F)cc1)C(N)c1ccc2c(c1)COC2=O)c1cc(F)ccc1O.